The van der Waals surface area contributed by atoms with Gasteiger partial charge in [-0.05, 0) is 36.9 Å². The predicted molar refractivity (Wildman–Crippen MR) is 54.1 cm³/mol. The molecule has 0 radical (unpaired) electrons. The van der Waals surface area contributed by atoms with Gasteiger partial charge in [0.05, 0.1) is 0 Å². The molecular formula is C10H11NOS. The summed E-state index contributed by atoms with van der Waals surface area (Å²) in [5.41, 5.74) is 1.18. The van der Waals surface area contributed by atoms with E-state index in [4.69, 9.17) is 10.00 Å². The van der Waals surface area contributed by atoms with Crippen LogP contribution in [0.5, 0.6) is 5.75 Å². The van der Waals surface area contributed by atoms with Crippen molar-refractivity contribution in [1.29, 1.82) is 5.26 Å². The Morgan fingerprint density at radius 1 is 1.54 bits per heavy atom. The van der Waals surface area contributed by atoms with Gasteiger partial charge in [-0.1, -0.05) is 0 Å². The van der Waals surface area contributed by atoms with Crippen LogP contribution in [0.25, 0.3) is 0 Å². The van der Waals surface area contributed by atoms with Gasteiger partial charge in [-0.25, -0.2) is 0 Å². The third kappa shape index (κ3) is 2.67. The molecule has 0 aliphatic rings. The van der Waals surface area contributed by atoms with Crippen molar-refractivity contribution in [3.05, 3.63) is 23.8 Å². The molecule has 0 unspecified atom stereocenters. The first-order valence-corrected chi connectivity index (χ1v) is 5.15. The predicted octanol–water partition coefficient (Wildman–Crippen LogP) is 2.62. The van der Waals surface area contributed by atoms with Crippen molar-refractivity contribution in [3.8, 4) is 11.8 Å². The first-order chi connectivity index (χ1) is 6.27. The normalized spacial score (nSPS) is 9.31. The average molecular weight is 193 g/mol. The zero-order valence-corrected chi connectivity index (χ0v) is 8.52. The van der Waals surface area contributed by atoms with E-state index in [9.17, 15) is 0 Å². The highest BCUT2D eigenvalue weighted by atomic mass is 32.2. The molecule has 0 aliphatic carbocycles. The van der Waals surface area contributed by atoms with Crippen molar-refractivity contribution in [3.63, 3.8) is 0 Å². The lowest BCUT2D eigenvalue weighted by Gasteiger charge is -2.05. The molecule has 0 saturated carbocycles. The third-order valence-corrected chi connectivity index (χ3v) is 2.57. The molecule has 0 aliphatic heterocycles. The summed E-state index contributed by atoms with van der Waals surface area (Å²) in [6.07, 6.45) is 2.04. The second-order valence-electron chi connectivity index (χ2n) is 2.58. The fourth-order valence-electron chi connectivity index (χ4n) is 1.06. The molecule has 0 atom stereocenters. The maximum Gasteiger partial charge on any atom is 0.174 e. The van der Waals surface area contributed by atoms with Gasteiger partial charge in [0, 0.05) is 4.90 Å². The van der Waals surface area contributed by atoms with Crippen LogP contribution < -0.4 is 4.74 Å². The van der Waals surface area contributed by atoms with E-state index < -0.39 is 0 Å². The van der Waals surface area contributed by atoms with Crippen LogP contribution in [-0.4, -0.2) is 12.9 Å². The lowest BCUT2D eigenvalue weighted by molar-refractivity contribution is 0.367. The van der Waals surface area contributed by atoms with Crippen molar-refractivity contribution in [2.24, 2.45) is 0 Å². The minimum atomic E-state index is 0.109. The standard InChI is InChI=1S/C10H11NOS/c1-8-7-9(12-6-5-11)3-4-10(8)13-2/h3-4,7H,6H2,1-2H3. The molecule has 0 saturated heterocycles. The molecule has 0 fully saturated rings. The summed E-state index contributed by atoms with van der Waals surface area (Å²) in [4.78, 5) is 1.24. The van der Waals surface area contributed by atoms with Crippen LogP contribution in [0.4, 0.5) is 0 Å². The van der Waals surface area contributed by atoms with Crippen LogP contribution in [-0.2, 0) is 0 Å². The molecule has 13 heavy (non-hydrogen) atoms. The fraction of sp³-hybridized carbons (Fsp3) is 0.300. The minimum Gasteiger partial charge on any atom is -0.479 e. The molecule has 3 heteroatoms. The van der Waals surface area contributed by atoms with E-state index in [-0.39, 0.29) is 6.61 Å². The fourth-order valence-corrected chi connectivity index (χ4v) is 1.64. The van der Waals surface area contributed by atoms with Crippen LogP contribution in [0.15, 0.2) is 23.1 Å². The quantitative estimate of drug-likeness (QED) is 0.692. The van der Waals surface area contributed by atoms with E-state index in [0.717, 1.165) is 5.75 Å². The number of rotatable bonds is 3. The Hall–Kier alpha value is -1.14. The van der Waals surface area contributed by atoms with Gasteiger partial charge >= 0.3 is 0 Å². The zero-order chi connectivity index (χ0) is 9.68. The summed E-state index contributed by atoms with van der Waals surface area (Å²) < 4.78 is 5.17. The first-order valence-electron chi connectivity index (χ1n) is 3.92. The molecule has 1 rings (SSSR count). The number of hydrogen-bond acceptors (Lipinski definition) is 3. The highest BCUT2D eigenvalue weighted by Gasteiger charge is 1.98. The van der Waals surface area contributed by atoms with Gasteiger partial charge < -0.3 is 4.74 Å². The largest absolute Gasteiger partial charge is 0.479 e. The number of benzene rings is 1. The maximum atomic E-state index is 8.32. The summed E-state index contributed by atoms with van der Waals surface area (Å²) in [7, 11) is 0. The van der Waals surface area contributed by atoms with Gasteiger partial charge in [-0.3, -0.25) is 0 Å². The van der Waals surface area contributed by atoms with E-state index in [2.05, 4.69) is 0 Å². The van der Waals surface area contributed by atoms with Crippen LogP contribution in [0.3, 0.4) is 0 Å². The van der Waals surface area contributed by atoms with Crippen molar-refractivity contribution >= 4 is 11.8 Å². The number of ether oxygens (including phenoxy) is 1. The Balaban J connectivity index is 2.78. The SMILES string of the molecule is CSc1ccc(OCC#N)cc1C. The second-order valence-corrected chi connectivity index (χ2v) is 3.43. The van der Waals surface area contributed by atoms with Crippen LogP contribution in [0.2, 0.25) is 0 Å². The van der Waals surface area contributed by atoms with Crippen molar-refractivity contribution in [1.82, 2.24) is 0 Å². The van der Waals surface area contributed by atoms with Crippen LogP contribution >= 0.6 is 11.8 Å². The lowest BCUT2D eigenvalue weighted by Crippen LogP contribution is -1.93. The highest BCUT2D eigenvalue weighted by Crippen LogP contribution is 2.23. The Kier molecular flexibility index (Phi) is 3.66. The number of aryl methyl sites for hydroxylation is 1. The zero-order valence-electron chi connectivity index (χ0n) is 7.70. The van der Waals surface area contributed by atoms with Crippen molar-refractivity contribution < 1.29 is 4.74 Å². The molecule has 0 bridgehead atoms. The van der Waals surface area contributed by atoms with Crippen LogP contribution in [0, 0.1) is 18.3 Å². The Labute approximate surface area is 82.5 Å². The summed E-state index contributed by atoms with van der Waals surface area (Å²) in [6.45, 7) is 2.14. The molecule has 0 spiro atoms. The van der Waals surface area contributed by atoms with E-state index in [1.54, 1.807) is 11.8 Å². The lowest BCUT2D eigenvalue weighted by atomic mass is 10.2. The molecule has 1 aromatic rings. The van der Waals surface area contributed by atoms with E-state index >= 15 is 0 Å². The minimum absolute atomic E-state index is 0.109. The first kappa shape index (κ1) is 9.94. The molecule has 0 heterocycles. The number of thioether (sulfide) groups is 1. The molecule has 68 valence electrons. The number of nitrogens with zero attached hydrogens (tertiary/aromatic N) is 1. The monoisotopic (exact) mass is 193 g/mol. The number of nitriles is 1. The van der Waals surface area contributed by atoms with Gasteiger partial charge in [0.15, 0.2) is 6.61 Å². The molecule has 0 amide bonds. The average Bonchev–Trinajstić information content (AvgIpc) is 2.15. The highest BCUT2D eigenvalue weighted by molar-refractivity contribution is 7.98. The summed E-state index contributed by atoms with van der Waals surface area (Å²) in [5.74, 6) is 0.761. The van der Waals surface area contributed by atoms with Crippen molar-refractivity contribution in [2.75, 3.05) is 12.9 Å². The molecule has 2 nitrogen and oxygen atoms in total. The Morgan fingerprint density at radius 2 is 2.31 bits per heavy atom. The van der Waals surface area contributed by atoms with Gasteiger partial charge in [0.1, 0.15) is 11.8 Å². The van der Waals surface area contributed by atoms with E-state index in [1.807, 2.05) is 37.4 Å². The maximum absolute atomic E-state index is 8.32. The summed E-state index contributed by atoms with van der Waals surface area (Å²) in [5, 5.41) is 8.32. The van der Waals surface area contributed by atoms with Gasteiger partial charge in [0.2, 0.25) is 0 Å². The molecular weight excluding hydrogens is 182 g/mol. The smallest absolute Gasteiger partial charge is 0.174 e. The number of hydrogen-bond donors (Lipinski definition) is 0. The topological polar surface area (TPSA) is 33.0 Å². The molecule has 0 N–H and O–H groups in total. The summed E-state index contributed by atoms with van der Waals surface area (Å²) in [6, 6.07) is 7.78. The van der Waals surface area contributed by atoms with Crippen LogP contribution in [0.1, 0.15) is 5.56 Å². The molecule has 0 aromatic heterocycles. The molecule has 1 aromatic carbocycles. The van der Waals surface area contributed by atoms with E-state index in [0.29, 0.717) is 0 Å². The Morgan fingerprint density at radius 3 is 2.85 bits per heavy atom. The third-order valence-electron chi connectivity index (χ3n) is 1.67. The van der Waals surface area contributed by atoms with Gasteiger partial charge in [0.25, 0.3) is 0 Å². The summed E-state index contributed by atoms with van der Waals surface area (Å²) >= 11 is 1.71. The second kappa shape index (κ2) is 4.78. The van der Waals surface area contributed by atoms with E-state index in [1.165, 1.54) is 10.5 Å². The Bertz CT molecular complexity index is 330. The van der Waals surface area contributed by atoms with Gasteiger partial charge in [-0.15, -0.1) is 11.8 Å². The van der Waals surface area contributed by atoms with Gasteiger partial charge in [-0.2, -0.15) is 5.26 Å². The van der Waals surface area contributed by atoms with Crippen molar-refractivity contribution in [2.45, 2.75) is 11.8 Å².